The minimum atomic E-state index is 0. The van der Waals surface area contributed by atoms with Crippen LogP contribution in [0, 0.1) is 5.92 Å². The summed E-state index contributed by atoms with van der Waals surface area (Å²) in [4.78, 5) is 22.0. The molecule has 1 atom stereocenters. The van der Waals surface area contributed by atoms with E-state index in [9.17, 15) is 4.79 Å². The van der Waals surface area contributed by atoms with E-state index in [2.05, 4.69) is 45.8 Å². The van der Waals surface area contributed by atoms with Gasteiger partial charge in [-0.05, 0) is 26.2 Å². The van der Waals surface area contributed by atoms with Crippen LogP contribution < -0.4 is 5.32 Å². The van der Waals surface area contributed by atoms with E-state index in [-0.39, 0.29) is 29.9 Å². The van der Waals surface area contributed by atoms with Gasteiger partial charge >= 0.3 is 0 Å². The lowest BCUT2D eigenvalue weighted by Crippen LogP contribution is -2.51. The molecule has 176 valence electrons. The number of nitrogens with zero attached hydrogens (tertiary/aromatic N) is 6. The molecule has 9 nitrogen and oxygen atoms in total. The van der Waals surface area contributed by atoms with Gasteiger partial charge in [0.2, 0.25) is 5.91 Å². The molecule has 10 heteroatoms. The van der Waals surface area contributed by atoms with Crippen molar-refractivity contribution in [3.8, 4) is 0 Å². The Morgan fingerprint density at radius 1 is 1.23 bits per heavy atom. The number of ether oxygens (including phenoxy) is 1. The van der Waals surface area contributed by atoms with Crippen molar-refractivity contribution < 1.29 is 9.53 Å². The van der Waals surface area contributed by atoms with Crippen LogP contribution in [0.1, 0.15) is 45.9 Å². The standard InChI is InChI=1S/C21H37N7O2.HI/c1-4-17(3)24-21(22-8-11-28-16-23-25-19(28)5-2)27-9-6-18(7-10-27)20(29)26-12-14-30-15-13-26;/h16-18H,4-15H2,1-3H3,(H,22,24);1H. The van der Waals surface area contributed by atoms with Gasteiger partial charge in [-0.3, -0.25) is 9.79 Å². The highest BCUT2D eigenvalue weighted by Crippen LogP contribution is 2.20. The van der Waals surface area contributed by atoms with E-state index in [1.807, 2.05) is 4.90 Å². The minimum Gasteiger partial charge on any atom is -0.378 e. The predicted octanol–water partition coefficient (Wildman–Crippen LogP) is 1.77. The molecule has 31 heavy (non-hydrogen) atoms. The van der Waals surface area contributed by atoms with Crippen LogP contribution in [-0.2, 0) is 22.5 Å². The minimum absolute atomic E-state index is 0. The fourth-order valence-corrected chi connectivity index (χ4v) is 3.94. The first-order valence-electron chi connectivity index (χ1n) is 11.4. The van der Waals surface area contributed by atoms with Crippen molar-refractivity contribution >= 4 is 35.8 Å². The molecule has 0 bridgehead atoms. The number of amides is 1. The first-order valence-corrected chi connectivity index (χ1v) is 11.4. The molecule has 0 spiro atoms. The van der Waals surface area contributed by atoms with Gasteiger partial charge in [-0.1, -0.05) is 13.8 Å². The summed E-state index contributed by atoms with van der Waals surface area (Å²) in [6.45, 7) is 12.4. The van der Waals surface area contributed by atoms with Gasteiger partial charge in [-0.15, -0.1) is 34.2 Å². The lowest BCUT2D eigenvalue weighted by Gasteiger charge is -2.37. The Hall–Kier alpha value is -1.43. The van der Waals surface area contributed by atoms with Crippen LogP contribution >= 0.6 is 24.0 Å². The molecule has 1 N–H and O–H groups in total. The molecule has 1 aromatic rings. The molecular formula is C21H38IN7O2. The number of aliphatic imine (C=N–C) groups is 1. The molecule has 0 aromatic carbocycles. The van der Waals surface area contributed by atoms with Gasteiger partial charge in [0, 0.05) is 51.1 Å². The maximum Gasteiger partial charge on any atom is 0.225 e. The number of aromatic nitrogens is 3. The number of morpholine rings is 1. The second-order valence-electron chi connectivity index (χ2n) is 8.15. The number of carbonyl (C=O) groups excluding carboxylic acids is 1. The second-order valence-corrected chi connectivity index (χ2v) is 8.15. The third-order valence-corrected chi connectivity index (χ3v) is 6.07. The molecule has 0 saturated carbocycles. The number of hydrogen-bond acceptors (Lipinski definition) is 5. The average molecular weight is 547 g/mol. The third-order valence-electron chi connectivity index (χ3n) is 6.07. The number of hydrogen-bond donors (Lipinski definition) is 1. The van der Waals surface area contributed by atoms with Crippen LogP contribution in [0.5, 0.6) is 0 Å². The van der Waals surface area contributed by atoms with Crippen molar-refractivity contribution in [2.75, 3.05) is 45.9 Å². The SMILES string of the molecule is CCc1nncn1CCN=C(NC(C)CC)N1CCC(C(=O)N2CCOCC2)CC1.I. The average Bonchev–Trinajstić information content (AvgIpc) is 3.26. The summed E-state index contributed by atoms with van der Waals surface area (Å²) in [6.07, 6.45) is 5.44. The number of rotatable bonds is 7. The number of carbonyl (C=O) groups is 1. The highest BCUT2D eigenvalue weighted by molar-refractivity contribution is 14.0. The van der Waals surface area contributed by atoms with Crippen molar-refractivity contribution in [3.63, 3.8) is 0 Å². The number of aryl methyl sites for hydroxylation is 1. The van der Waals surface area contributed by atoms with E-state index in [1.165, 1.54) is 0 Å². The molecule has 2 aliphatic rings. The number of piperidine rings is 1. The van der Waals surface area contributed by atoms with E-state index in [4.69, 9.17) is 9.73 Å². The molecule has 1 aromatic heterocycles. The van der Waals surface area contributed by atoms with Crippen LogP contribution in [0.25, 0.3) is 0 Å². The van der Waals surface area contributed by atoms with E-state index in [0.29, 0.717) is 31.7 Å². The zero-order valence-corrected chi connectivity index (χ0v) is 21.5. The Morgan fingerprint density at radius 2 is 1.94 bits per heavy atom. The lowest BCUT2D eigenvalue weighted by molar-refractivity contribution is -0.140. The Balaban J connectivity index is 0.00000341. The number of halogens is 1. The van der Waals surface area contributed by atoms with Gasteiger partial charge in [-0.2, -0.15) is 0 Å². The highest BCUT2D eigenvalue weighted by Gasteiger charge is 2.30. The molecule has 3 heterocycles. The van der Waals surface area contributed by atoms with Gasteiger partial charge in [0.15, 0.2) is 5.96 Å². The normalized spacial score (nSPS) is 19.1. The monoisotopic (exact) mass is 547 g/mol. The van der Waals surface area contributed by atoms with Crippen LogP contribution in [0.4, 0.5) is 0 Å². The quantitative estimate of drug-likeness (QED) is 0.318. The van der Waals surface area contributed by atoms with Crippen molar-refractivity contribution in [1.82, 2.24) is 29.9 Å². The fraction of sp³-hybridized carbons (Fsp3) is 0.810. The molecule has 3 rings (SSSR count). The summed E-state index contributed by atoms with van der Waals surface area (Å²) in [5, 5.41) is 11.7. The van der Waals surface area contributed by atoms with Gasteiger partial charge in [0.25, 0.3) is 0 Å². The number of guanidine groups is 1. The third kappa shape index (κ3) is 7.30. The molecule has 0 aliphatic carbocycles. The predicted molar refractivity (Wildman–Crippen MR) is 132 cm³/mol. The number of nitrogens with one attached hydrogen (secondary N) is 1. The molecular weight excluding hydrogens is 509 g/mol. The largest absolute Gasteiger partial charge is 0.378 e. The summed E-state index contributed by atoms with van der Waals surface area (Å²) in [5.41, 5.74) is 0. The zero-order valence-electron chi connectivity index (χ0n) is 19.1. The van der Waals surface area contributed by atoms with Crippen molar-refractivity contribution in [2.24, 2.45) is 10.9 Å². The Morgan fingerprint density at radius 3 is 2.58 bits per heavy atom. The first-order chi connectivity index (χ1) is 14.6. The lowest BCUT2D eigenvalue weighted by atomic mass is 9.95. The summed E-state index contributed by atoms with van der Waals surface area (Å²) in [5.74, 6) is 2.36. The van der Waals surface area contributed by atoms with Crippen molar-refractivity contribution in [3.05, 3.63) is 12.2 Å². The summed E-state index contributed by atoms with van der Waals surface area (Å²) in [6, 6.07) is 0.359. The maximum atomic E-state index is 12.8. The van der Waals surface area contributed by atoms with Gasteiger partial charge in [0.05, 0.1) is 19.8 Å². The Bertz CT molecular complexity index is 698. The van der Waals surface area contributed by atoms with Crippen LogP contribution in [-0.4, -0.2) is 88.4 Å². The highest BCUT2D eigenvalue weighted by atomic mass is 127. The van der Waals surface area contributed by atoms with Crippen LogP contribution in [0.3, 0.4) is 0 Å². The topological polar surface area (TPSA) is 87.9 Å². The Labute approximate surface area is 203 Å². The number of likely N-dealkylation sites (tertiary alicyclic amines) is 1. The zero-order chi connectivity index (χ0) is 21.3. The van der Waals surface area contributed by atoms with Gasteiger partial charge in [-0.25, -0.2) is 0 Å². The molecule has 0 radical (unpaired) electrons. The second kappa shape index (κ2) is 13.2. The van der Waals surface area contributed by atoms with E-state index < -0.39 is 0 Å². The Kier molecular flexibility index (Phi) is 11.0. The summed E-state index contributed by atoms with van der Waals surface area (Å²) >= 11 is 0. The molecule has 1 unspecified atom stereocenters. The smallest absolute Gasteiger partial charge is 0.225 e. The maximum absolute atomic E-state index is 12.8. The van der Waals surface area contributed by atoms with Crippen LogP contribution in [0.15, 0.2) is 11.3 Å². The fourth-order valence-electron chi connectivity index (χ4n) is 3.94. The van der Waals surface area contributed by atoms with E-state index >= 15 is 0 Å². The summed E-state index contributed by atoms with van der Waals surface area (Å²) in [7, 11) is 0. The van der Waals surface area contributed by atoms with E-state index in [1.54, 1.807) is 6.33 Å². The molecule has 2 aliphatic heterocycles. The molecule has 2 saturated heterocycles. The molecule has 1 amide bonds. The van der Waals surface area contributed by atoms with Crippen LogP contribution in [0.2, 0.25) is 0 Å². The van der Waals surface area contributed by atoms with Crippen molar-refractivity contribution in [1.29, 1.82) is 0 Å². The first kappa shape index (κ1) is 25.8. The van der Waals surface area contributed by atoms with Crippen molar-refractivity contribution in [2.45, 2.75) is 59.0 Å². The summed E-state index contributed by atoms with van der Waals surface area (Å²) < 4.78 is 7.44. The molecule has 2 fully saturated rings. The van der Waals surface area contributed by atoms with Gasteiger partial charge in [0.1, 0.15) is 12.2 Å². The van der Waals surface area contributed by atoms with E-state index in [0.717, 1.165) is 70.2 Å². The van der Waals surface area contributed by atoms with Gasteiger partial charge < -0.3 is 24.4 Å².